The zero-order valence-electron chi connectivity index (χ0n) is 10.5. The van der Waals surface area contributed by atoms with Gasteiger partial charge < -0.3 is 5.11 Å². The highest BCUT2D eigenvalue weighted by Gasteiger charge is 2.04. The topological polar surface area (TPSA) is 37.3 Å². The second-order valence-corrected chi connectivity index (χ2v) is 5.03. The summed E-state index contributed by atoms with van der Waals surface area (Å²) < 4.78 is 0. The Bertz CT molecular complexity index is 436. The second kappa shape index (κ2) is 6.50. The molecule has 0 saturated heterocycles. The lowest BCUT2D eigenvalue weighted by Crippen LogP contribution is -1.99. The minimum Gasteiger partial charge on any atom is -0.478 e. The van der Waals surface area contributed by atoms with Crippen LogP contribution in [0.3, 0.4) is 0 Å². The predicted octanol–water partition coefficient (Wildman–Crippen LogP) is 3.82. The summed E-state index contributed by atoms with van der Waals surface area (Å²) in [6.45, 7) is 6.00. The number of carboxylic acids is 1. The van der Waals surface area contributed by atoms with E-state index in [1.165, 1.54) is 16.0 Å². The van der Waals surface area contributed by atoms with Crippen molar-refractivity contribution in [2.24, 2.45) is 0 Å². The minimum absolute atomic E-state index is 0.489. The van der Waals surface area contributed by atoms with Crippen molar-refractivity contribution in [1.82, 2.24) is 0 Å². The highest BCUT2D eigenvalue weighted by molar-refractivity contribution is 7.99. The molecule has 1 aromatic carbocycles. The number of hydrogen-bond donors (Lipinski definition) is 1. The summed E-state index contributed by atoms with van der Waals surface area (Å²) in [5.74, 6) is -0.103. The average molecular weight is 250 g/mol. The van der Waals surface area contributed by atoms with Gasteiger partial charge in [0.2, 0.25) is 0 Å². The highest BCUT2D eigenvalue weighted by Crippen LogP contribution is 2.24. The van der Waals surface area contributed by atoms with Crippen LogP contribution < -0.4 is 0 Å². The summed E-state index contributed by atoms with van der Waals surface area (Å²) in [5, 5.41) is 8.89. The van der Waals surface area contributed by atoms with Crippen LogP contribution in [0.2, 0.25) is 0 Å². The number of benzene rings is 1. The first-order valence-corrected chi connectivity index (χ1v) is 6.65. The fourth-order valence-electron chi connectivity index (χ4n) is 1.48. The normalized spacial score (nSPS) is 11.6. The predicted molar refractivity (Wildman–Crippen MR) is 72.6 cm³/mol. The molecule has 0 heterocycles. The fourth-order valence-corrected chi connectivity index (χ4v) is 2.51. The Morgan fingerprint density at radius 3 is 2.71 bits per heavy atom. The number of aryl methyl sites for hydroxylation is 2. The minimum atomic E-state index is -0.811. The van der Waals surface area contributed by atoms with Crippen LogP contribution in [0.4, 0.5) is 0 Å². The van der Waals surface area contributed by atoms with Crippen molar-refractivity contribution < 1.29 is 9.90 Å². The molecule has 3 heteroatoms. The van der Waals surface area contributed by atoms with E-state index in [0.717, 1.165) is 0 Å². The average Bonchev–Trinajstić information content (AvgIpc) is 2.28. The van der Waals surface area contributed by atoms with Crippen molar-refractivity contribution >= 4 is 17.7 Å². The third-order valence-electron chi connectivity index (χ3n) is 2.57. The largest absolute Gasteiger partial charge is 0.478 e. The van der Waals surface area contributed by atoms with Crippen LogP contribution in [-0.4, -0.2) is 16.8 Å². The fraction of sp³-hybridized carbons (Fsp3) is 0.357. The Balaban J connectivity index is 2.67. The molecule has 0 radical (unpaired) electrons. The molecule has 0 spiro atoms. The van der Waals surface area contributed by atoms with Crippen molar-refractivity contribution in [3.63, 3.8) is 0 Å². The maximum atomic E-state index is 10.8. The molecule has 0 amide bonds. The molecule has 0 atom stereocenters. The molecule has 0 aliphatic carbocycles. The molecule has 92 valence electrons. The van der Waals surface area contributed by atoms with E-state index in [-0.39, 0.29) is 0 Å². The SMILES string of the molecule is CCC(=CCSc1cc(C)ccc1C)C(=O)O. The van der Waals surface area contributed by atoms with E-state index in [1.807, 2.05) is 6.92 Å². The molecular weight excluding hydrogens is 232 g/mol. The van der Waals surface area contributed by atoms with Crippen molar-refractivity contribution in [2.75, 3.05) is 5.75 Å². The monoisotopic (exact) mass is 250 g/mol. The van der Waals surface area contributed by atoms with E-state index >= 15 is 0 Å². The third kappa shape index (κ3) is 4.27. The molecule has 0 aliphatic rings. The van der Waals surface area contributed by atoms with E-state index in [1.54, 1.807) is 17.8 Å². The highest BCUT2D eigenvalue weighted by atomic mass is 32.2. The van der Waals surface area contributed by atoms with Crippen molar-refractivity contribution in [1.29, 1.82) is 0 Å². The summed E-state index contributed by atoms with van der Waals surface area (Å²) in [5.41, 5.74) is 2.96. The Morgan fingerprint density at radius 2 is 2.12 bits per heavy atom. The van der Waals surface area contributed by atoms with E-state index in [0.29, 0.717) is 17.7 Å². The van der Waals surface area contributed by atoms with E-state index in [4.69, 9.17) is 5.11 Å². The third-order valence-corrected chi connectivity index (χ3v) is 3.65. The number of carbonyl (C=O) groups is 1. The lowest BCUT2D eigenvalue weighted by atomic mass is 10.2. The molecule has 0 unspecified atom stereocenters. The number of aliphatic carboxylic acids is 1. The first-order valence-electron chi connectivity index (χ1n) is 5.67. The van der Waals surface area contributed by atoms with Gasteiger partial charge in [0, 0.05) is 16.2 Å². The molecule has 1 rings (SSSR count). The molecule has 0 aliphatic heterocycles. The van der Waals surface area contributed by atoms with Crippen molar-refractivity contribution in [2.45, 2.75) is 32.1 Å². The van der Waals surface area contributed by atoms with E-state index in [9.17, 15) is 4.79 Å². The van der Waals surface area contributed by atoms with Crippen LogP contribution in [0, 0.1) is 13.8 Å². The first-order chi connectivity index (χ1) is 8.04. The molecule has 0 fully saturated rings. The van der Waals surface area contributed by atoms with Gasteiger partial charge in [0.05, 0.1) is 0 Å². The molecule has 17 heavy (non-hydrogen) atoms. The van der Waals surface area contributed by atoms with Crippen LogP contribution >= 0.6 is 11.8 Å². The Labute approximate surface area is 107 Å². The summed E-state index contributed by atoms with van der Waals surface area (Å²) in [6.07, 6.45) is 2.37. The molecule has 1 N–H and O–H groups in total. The quantitative estimate of drug-likeness (QED) is 0.637. The standard InChI is InChI=1S/C14H18O2S/c1-4-12(14(15)16)7-8-17-13-9-10(2)5-6-11(13)3/h5-7,9H,4,8H2,1-3H3,(H,15,16). The number of rotatable bonds is 5. The lowest BCUT2D eigenvalue weighted by Gasteiger charge is -2.05. The van der Waals surface area contributed by atoms with Gasteiger partial charge in [-0.15, -0.1) is 11.8 Å². The van der Waals surface area contributed by atoms with Gasteiger partial charge in [-0.1, -0.05) is 30.7 Å². The van der Waals surface area contributed by atoms with E-state index < -0.39 is 5.97 Å². The molecule has 0 aromatic heterocycles. The van der Waals surface area contributed by atoms with Crippen LogP contribution in [-0.2, 0) is 4.79 Å². The van der Waals surface area contributed by atoms with Gasteiger partial charge in [0.1, 0.15) is 0 Å². The van der Waals surface area contributed by atoms with Crippen LogP contribution in [0.15, 0.2) is 34.7 Å². The first kappa shape index (κ1) is 13.8. The molecule has 0 bridgehead atoms. The Hall–Kier alpha value is -1.22. The molecule has 1 aromatic rings. The number of hydrogen-bond acceptors (Lipinski definition) is 2. The second-order valence-electron chi connectivity index (χ2n) is 3.97. The van der Waals surface area contributed by atoms with E-state index in [2.05, 4.69) is 32.0 Å². The van der Waals surface area contributed by atoms with Gasteiger partial charge in [-0.2, -0.15) is 0 Å². The Kier molecular flexibility index (Phi) is 5.29. The van der Waals surface area contributed by atoms with Gasteiger partial charge in [0.15, 0.2) is 0 Å². The summed E-state index contributed by atoms with van der Waals surface area (Å²) >= 11 is 1.68. The number of thioether (sulfide) groups is 1. The van der Waals surface area contributed by atoms with Gasteiger partial charge >= 0.3 is 5.97 Å². The van der Waals surface area contributed by atoms with Crippen molar-refractivity contribution in [3.05, 3.63) is 41.0 Å². The lowest BCUT2D eigenvalue weighted by molar-refractivity contribution is -0.132. The zero-order valence-corrected chi connectivity index (χ0v) is 11.3. The molecule has 2 nitrogen and oxygen atoms in total. The summed E-state index contributed by atoms with van der Waals surface area (Å²) in [6, 6.07) is 6.32. The molecule has 0 saturated carbocycles. The summed E-state index contributed by atoms with van der Waals surface area (Å²) in [7, 11) is 0. The number of carboxylic acid groups (broad SMARTS) is 1. The zero-order chi connectivity index (χ0) is 12.8. The van der Waals surface area contributed by atoms with Gasteiger partial charge in [0.25, 0.3) is 0 Å². The maximum Gasteiger partial charge on any atom is 0.331 e. The Morgan fingerprint density at radius 1 is 1.41 bits per heavy atom. The smallest absolute Gasteiger partial charge is 0.331 e. The van der Waals surface area contributed by atoms with Gasteiger partial charge in [-0.05, 0) is 31.9 Å². The van der Waals surface area contributed by atoms with Crippen molar-refractivity contribution in [3.8, 4) is 0 Å². The summed E-state index contributed by atoms with van der Waals surface area (Å²) in [4.78, 5) is 12.0. The van der Waals surface area contributed by atoms with Crippen LogP contribution in [0.1, 0.15) is 24.5 Å². The van der Waals surface area contributed by atoms with Crippen LogP contribution in [0.5, 0.6) is 0 Å². The molecular formula is C14H18O2S. The van der Waals surface area contributed by atoms with Gasteiger partial charge in [-0.25, -0.2) is 4.79 Å². The van der Waals surface area contributed by atoms with Gasteiger partial charge in [-0.3, -0.25) is 0 Å². The van der Waals surface area contributed by atoms with Crippen LogP contribution in [0.25, 0.3) is 0 Å². The maximum absolute atomic E-state index is 10.8.